The fraction of sp³-hybridized carbons (Fsp3) is 0.286. The molecule has 0 spiro atoms. The summed E-state index contributed by atoms with van der Waals surface area (Å²) < 4.78 is 0. The van der Waals surface area contributed by atoms with Crippen molar-refractivity contribution in [2.24, 2.45) is 5.16 Å². The summed E-state index contributed by atoms with van der Waals surface area (Å²) in [4.78, 5) is 27.4. The molecule has 110 valence electrons. The van der Waals surface area contributed by atoms with Crippen molar-refractivity contribution in [1.29, 1.82) is 0 Å². The molecule has 0 fully saturated rings. The molecule has 1 atom stereocenters. The molecule has 0 aliphatic carbocycles. The second kappa shape index (κ2) is 6.17. The number of benzene rings is 1. The Labute approximate surface area is 121 Å². The third-order valence-electron chi connectivity index (χ3n) is 2.94. The number of nitro groups is 1. The van der Waals surface area contributed by atoms with E-state index in [2.05, 4.69) is 17.1 Å². The summed E-state index contributed by atoms with van der Waals surface area (Å²) in [6.07, 6.45) is -0.563. The Morgan fingerprint density at radius 3 is 2.95 bits per heavy atom. The molecule has 1 amide bonds. The van der Waals surface area contributed by atoms with Crippen LogP contribution in [0.4, 0.5) is 5.69 Å². The van der Waals surface area contributed by atoms with Crippen molar-refractivity contribution in [2.75, 3.05) is 6.54 Å². The zero-order valence-electron chi connectivity index (χ0n) is 11.5. The predicted molar refractivity (Wildman–Crippen MR) is 76.9 cm³/mol. The second-order valence-corrected chi connectivity index (χ2v) is 4.79. The van der Waals surface area contributed by atoms with Crippen LogP contribution in [-0.2, 0) is 9.63 Å². The standard InChI is InChI=1S/C14H15N3O4/c1-9(2)8-15-14(18)13-7-11(16-21-13)10-5-3-4-6-12(10)17(19)20/h3-6,13H,1,7-8H2,2H3,(H,15,18). The fourth-order valence-corrected chi connectivity index (χ4v) is 1.91. The van der Waals surface area contributed by atoms with Gasteiger partial charge in [0.25, 0.3) is 11.6 Å². The quantitative estimate of drug-likeness (QED) is 0.508. The van der Waals surface area contributed by atoms with Gasteiger partial charge in [-0.15, -0.1) is 0 Å². The van der Waals surface area contributed by atoms with Crippen LogP contribution in [0.1, 0.15) is 18.9 Å². The lowest BCUT2D eigenvalue weighted by atomic mass is 10.0. The molecule has 1 aromatic rings. The number of hydrogen-bond acceptors (Lipinski definition) is 5. The van der Waals surface area contributed by atoms with Gasteiger partial charge in [-0.25, -0.2) is 0 Å². The maximum Gasteiger partial charge on any atom is 0.278 e. The van der Waals surface area contributed by atoms with E-state index in [1.165, 1.54) is 6.07 Å². The summed E-state index contributed by atoms with van der Waals surface area (Å²) in [7, 11) is 0. The number of oxime groups is 1. The first-order valence-electron chi connectivity index (χ1n) is 6.37. The van der Waals surface area contributed by atoms with Crippen LogP contribution in [0.5, 0.6) is 0 Å². The largest absolute Gasteiger partial charge is 0.382 e. The lowest BCUT2D eigenvalue weighted by molar-refractivity contribution is -0.385. The third-order valence-corrected chi connectivity index (χ3v) is 2.94. The monoisotopic (exact) mass is 289 g/mol. The van der Waals surface area contributed by atoms with Crippen LogP contribution in [0.15, 0.2) is 41.6 Å². The highest BCUT2D eigenvalue weighted by Crippen LogP contribution is 2.24. The van der Waals surface area contributed by atoms with Gasteiger partial charge in [-0.1, -0.05) is 29.4 Å². The molecule has 21 heavy (non-hydrogen) atoms. The van der Waals surface area contributed by atoms with E-state index < -0.39 is 11.0 Å². The Morgan fingerprint density at radius 2 is 2.29 bits per heavy atom. The van der Waals surface area contributed by atoms with E-state index >= 15 is 0 Å². The van der Waals surface area contributed by atoms with E-state index in [0.29, 0.717) is 17.8 Å². The number of amides is 1. The van der Waals surface area contributed by atoms with E-state index in [1.807, 2.05) is 0 Å². The van der Waals surface area contributed by atoms with Gasteiger partial charge in [0.1, 0.15) is 0 Å². The SMILES string of the molecule is C=C(C)CNC(=O)C1CC(c2ccccc2[N+](=O)[O-])=NO1. The van der Waals surface area contributed by atoms with Gasteiger partial charge in [0, 0.05) is 19.0 Å². The number of nitrogens with one attached hydrogen (secondary N) is 1. The van der Waals surface area contributed by atoms with Crippen LogP contribution < -0.4 is 5.32 Å². The molecule has 1 aliphatic heterocycles. The summed E-state index contributed by atoms with van der Waals surface area (Å²) in [6, 6.07) is 6.25. The Balaban J connectivity index is 2.07. The molecular formula is C14H15N3O4. The maximum absolute atomic E-state index is 11.9. The lowest BCUT2D eigenvalue weighted by Gasteiger charge is -2.09. The van der Waals surface area contributed by atoms with Crippen molar-refractivity contribution in [3.8, 4) is 0 Å². The molecule has 0 bridgehead atoms. The topological polar surface area (TPSA) is 93.8 Å². The molecule has 0 saturated carbocycles. The minimum Gasteiger partial charge on any atom is -0.382 e. The van der Waals surface area contributed by atoms with E-state index in [9.17, 15) is 14.9 Å². The van der Waals surface area contributed by atoms with Crippen molar-refractivity contribution in [3.05, 3.63) is 52.1 Å². The zero-order chi connectivity index (χ0) is 15.4. The fourth-order valence-electron chi connectivity index (χ4n) is 1.91. The van der Waals surface area contributed by atoms with E-state index in [-0.39, 0.29) is 18.0 Å². The van der Waals surface area contributed by atoms with Gasteiger partial charge in [0.05, 0.1) is 16.2 Å². The summed E-state index contributed by atoms with van der Waals surface area (Å²) in [6.45, 7) is 5.85. The van der Waals surface area contributed by atoms with Crippen molar-refractivity contribution >= 4 is 17.3 Å². The normalized spacial score (nSPS) is 16.8. The Kier molecular flexibility index (Phi) is 4.32. The summed E-state index contributed by atoms with van der Waals surface area (Å²) in [5.41, 5.74) is 1.54. The number of rotatable bonds is 5. The van der Waals surface area contributed by atoms with Crippen LogP contribution in [0.25, 0.3) is 0 Å². The molecule has 2 rings (SSSR count). The first kappa shape index (κ1) is 14.7. The van der Waals surface area contributed by atoms with Gasteiger partial charge in [0.2, 0.25) is 6.10 Å². The van der Waals surface area contributed by atoms with E-state index in [0.717, 1.165) is 5.57 Å². The first-order chi connectivity index (χ1) is 9.99. The van der Waals surface area contributed by atoms with Crippen molar-refractivity contribution < 1.29 is 14.6 Å². The van der Waals surface area contributed by atoms with Crippen LogP contribution >= 0.6 is 0 Å². The number of nitrogens with zero attached hydrogens (tertiary/aromatic N) is 2. The van der Waals surface area contributed by atoms with Crippen LogP contribution in [0.3, 0.4) is 0 Å². The molecule has 1 aliphatic rings. The molecule has 0 saturated heterocycles. The molecule has 7 heteroatoms. The van der Waals surface area contributed by atoms with E-state index in [4.69, 9.17) is 4.84 Å². The number of hydrogen-bond donors (Lipinski definition) is 1. The van der Waals surface area contributed by atoms with Gasteiger partial charge in [-0.05, 0) is 13.0 Å². The Hall–Kier alpha value is -2.70. The minimum absolute atomic E-state index is 0.0529. The van der Waals surface area contributed by atoms with Gasteiger partial charge >= 0.3 is 0 Å². The van der Waals surface area contributed by atoms with Crippen LogP contribution in [-0.4, -0.2) is 29.2 Å². The second-order valence-electron chi connectivity index (χ2n) is 4.79. The van der Waals surface area contributed by atoms with Gasteiger partial charge in [0.15, 0.2) is 0 Å². The molecule has 0 aromatic heterocycles. The molecule has 0 radical (unpaired) electrons. The minimum atomic E-state index is -0.765. The molecule has 1 N–H and O–H groups in total. The summed E-state index contributed by atoms with van der Waals surface area (Å²) >= 11 is 0. The van der Waals surface area contributed by atoms with Crippen molar-refractivity contribution in [2.45, 2.75) is 19.4 Å². The number of para-hydroxylation sites is 1. The Morgan fingerprint density at radius 1 is 1.57 bits per heavy atom. The average Bonchev–Trinajstić information content (AvgIpc) is 2.94. The Bertz CT molecular complexity index is 624. The van der Waals surface area contributed by atoms with Gasteiger partial charge in [-0.3, -0.25) is 14.9 Å². The highest BCUT2D eigenvalue weighted by atomic mass is 16.6. The van der Waals surface area contributed by atoms with Gasteiger partial charge < -0.3 is 10.2 Å². The molecular weight excluding hydrogens is 274 g/mol. The lowest BCUT2D eigenvalue weighted by Crippen LogP contribution is -2.35. The predicted octanol–water partition coefficient (Wildman–Crippen LogP) is 1.78. The third kappa shape index (κ3) is 3.44. The summed E-state index contributed by atoms with van der Waals surface area (Å²) in [5, 5.41) is 17.5. The van der Waals surface area contributed by atoms with Crippen LogP contribution in [0, 0.1) is 10.1 Å². The molecule has 1 aromatic carbocycles. The molecule has 7 nitrogen and oxygen atoms in total. The highest BCUT2D eigenvalue weighted by Gasteiger charge is 2.31. The summed E-state index contributed by atoms with van der Waals surface area (Å²) in [5.74, 6) is -0.310. The van der Waals surface area contributed by atoms with Crippen LogP contribution in [0.2, 0.25) is 0 Å². The van der Waals surface area contributed by atoms with Gasteiger partial charge in [-0.2, -0.15) is 0 Å². The average molecular weight is 289 g/mol. The van der Waals surface area contributed by atoms with Crippen molar-refractivity contribution in [1.82, 2.24) is 5.32 Å². The first-order valence-corrected chi connectivity index (χ1v) is 6.37. The number of carbonyl (C=O) groups is 1. The smallest absolute Gasteiger partial charge is 0.278 e. The highest BCUT2D eigenvalue weighted by molar-refractivity contribution is 6.06. The number of nitro benzene ring substituents is 1. The molecule has 1 heterocycles. The maximum atomic E-state index is 11.9. The van der Waals surface area contributed by atoms with E-state index in [1.54, 1.807) is 25.1 Å². The zero-order valence-corrected chi connectivity index (χ0v) is 11.5. The molecule has 1 unspecified atom stereocenters. The number of carbonyl (C=O) groups excluding carboxylic acids is 1. The van der Waals surface area contributed by atoms with Crippen molar-refractivity contribution in [3.63, 3.8) is 0 Å².